The summed E-state index contributed by atoms with van der Waals surface area (Å²) in [4.78, 5) is 24.7. The first-order chi connectivity index (χ1) is 19.3. The minimum atomic E-state index is -4.46. The van der Waals surface area contributed by atoms with E-state index in [1.54, 1.807) is 17.1 Å². The molecule has 1 atom stereocenters. The predicted octanol–water partition coefficient (Wildman–Crippen LogP) is 6.03. The molecule has 4 aromatic rings. The summed E-state index contributed by atoms with van der Waals surface area (Å²) in [7, 11) is -0.705. The molecule has 1 aliphatic rings. The van der Waals surface area contributed by atoms with Gasteiger partial charge in [-0.2, -0.15) is 18.3 Å². The lowest BCUT2D eigenvalue weighted by molar-refractivity contribution is -0.138. The summed E-state index contributed by atoms with van der Waals surface area (Å²) < 4.78 is 49.6. The first-order valence-electron chi connectivity index (χ1n) is 13.1. The Morgan fingerprint density at radius 3 is 2.56 bits per heavy atom. The Labute approximate surface area is 238 Å². The second-order valence-electron chi connectivity index (χ2n) is 11.1. The SMILES string of the molecule is Cc1cc(N2CC(C)n3ncc(-c4cn(COCCS(C)(C)C)c(-c5ccccn5)n4)c3C2=O)ccc1C(F)(F)F. The lowest BCUT2D eigenvalue weighted by atomic mass is 10.0. The molecule has 0 radical (unpaired) electrons. The Balaban J connectivity index is 1.50. The highest BCUT2D eigenvalue weighted by Gasteiger charge is 2.36. The number of rotatable bonds is 8. The molecule has 1 amide bonds. The summed E-state index contributed by atoms with van der Waals surface area (Å²) in [5.74, 6) is 1.21. The average molecular weight is 587 g/mol. The number of ether oxygens (including phenoxy) is 1. The van der Waals surface area contributed by atoms with Gasteiger partial charge in [-0.1, -0.05) is 6.07 Å². The van der Waals surface area contributed by atoms with Crippen LogP contribution in [0, 0.1) is 6.92 Å². The Morgan fingerprint density at radius 2 is 1.90 bits per heavy atom. The third-order valence-corrected chi connectivity index (χ3v) is 8.34. The molecule has 3 aromatic heterocycles. The summed E-state index contributed by atoms with van der Waals surface area (Å²) in [6.07, 6.45) is 7.38. The van der Waals surface area contributed by atoms with Crippen molar-refractivity contribution in [2.45, 2.75) is 32.8 Å². The van der Waals surface area contributed by atoms with Crippen molar-refractivity contribution in [2.24, 2.45) is 0 Å². The molecule has 0 N–H and O–H groups in total. The van der Waals surface area contributed by atoms with E-state index in [-0.39, 0.29) is 30.8 Å². The number of carbonyl (C=O) groups is 1. The number of fused-ring (bicyclic) bond motifs is 1. The second-order valence-corrected chi connectivity index (χ2v) is 15.7. The van der Waals surface area contributed by atoms with E-state index >= 15 is 0 Å². The van der Waals surface area contributed by atoms with E-state index < -0.39 is 21.8 Å². The van der Waals surface area contributed by atoms with Crippen LogP contribution in [0.5, 0.6) is 0 Å². The largest absolute Gasteiger partial charge is 0.416 e. The van der Waals surface area contributed by atoms with E-state index in [0.29, 0.717) is 40.8 Å². The first-order valence-corrected chi connectivity index (χ1v) is 16.2. The third-order valence-electron chi connectivity index (χ3n) is 6.95. The first kappa shape index (κ1) is 28.9. The highest BCUT2D eigenvalue weighted by molar-refractivity contribution is 8.32. The third kappa shape index (κ3) is 6.03. The van der Waals surface area contributed by atoms with Crippen LogP contribution in [-0.2, 0) is 17.6 Å². The summed E-state index contributed by atoms with van der Waals surface area (Å²) in [6, 6.07) is 9.13. The smallest absolute Gasteiger partial charge is 0.360 e. The van der Waals surface area contributed by atoms with Crippen LogP contribution in [0.4, 0.5) is 18.9 Å². The molecule has 4 heterocycles. The number of nitrogens with zero attached hydrogens (tertiary/aromatic N) is 6. The quantitative estimate of drug-likeness (QED) is 0.236. The van der Waals surface area contributed by atoms with Crippen molar-refractivity contribution in [3.63, 3.8) is 0 Å². The van der Waals surface area contributed by atoms with Gasteiger partial charge in [0.2, 0.25) is 0 Å². The fourth-order valence-electron chi connectivity index (χ4n) is 4.82. The van der Waals surface area contributed by atoms with E-state index in [4.69, 9.17) is 9.72 Å². The molecule has 0 fully saturated rings. The zero-order chi connectivity index (χ0) is 29.5. The van der Waals surface area contributed by atoms with E-state index in [1.807, 2.05) is 35.9 Å². The molecule has 218 valence electrons. The van der Waals surface area contributed by atoms with Crippen LogP contribution in [0.2, 0.25) is 0 Å². The number of carbonyl (C=O) groups excluding carboxylic acids is 1. The van der Waals surface area contributed by atoms with Gasteiger partial charge in [-0.3, -0.25) is 14.5 Å². The normalized spacial score (nSPS) is 16.2. The van der Waals surface area contributed by atoms with Crippen LogP contribution in [0.3, 0.4) is 0 Å². The van der Waals surface area contributed by atoms with E-state index in [2.05, 4.69) is 28.8 Å². The molecule has 8 nitrogen and oxygen atoms in total. The van der Waals surface area contributed by atoms with Gasteiger partial charge in [0.05, 0.1) is 35.7 Å². The van der Waals surface area contributed by atoms with Gasteiger partial charge in [0.15, 0.2) is 5.82 Å². The number of imidazole rings is 1. The van der Waals surface area contributed by atoms with Gasteiger partial charge >= 0.3 is 6.18 Å². The summed E-state index contributed by atoms with van der Waals surface area (Å²) in [5, 5.41) is 4.50. The molecular weight excluding hydrogens is 553 g/mol. The van der Waals surface area contributed by atoms with Crippen LogP contribution < -0.4 is 4.90 Å². The monoisotopic (exact) mass is 586 g/mol. The fourth-order valence-corrected chi connectivity index (χ4v) is 5.44. The number of aryl methyl sites for hydroxylation is 1. The zero-order valence-corrected chi connectivity index (χ0v) is 24.5. The van der Waals surface area contributed by atoms with Crippen LogP contribution >= 0.6 is 10.0 Å². The van der Waals surface area contributed by atoms with Gasteiger partial charge < -0.3 is 14.2 Å². The molecule has 1 unspecified atom stereocenters. The van der Waals surface area contributed by atoms with Crippen molar-refractivity contribution < 1.29 is 22.7 Å². The number of hydrogen-bond acceptors (Lipinski definition) is 5. The summed E-state index contributed by atoms with van der Waals surface area (Å²) in [5.41, 5.74) is 1.79. The topological polar surface area (TPSA) is 78.1 Å². The van der Waals surface area contributed by atoms with Crippen LogP contribution in [0.15, 0.2) is 55.0 Å². The lowest BCUT2D eigenvalue weighted by Crippen LogP contribution is -2.42. The molecule has 12 heteroatoms. The maximum Gasteiger partial charge on any atom is 0.416 e. The number of halogens is 3. The highest BCUT2D eigenvalue weighted by Crippen LogP contribution is 2.37. The van der Waals surface area contributed by atoms with Gasteiger partial charge in [0.1, 0.15) is 18.1 Å². The lowest BCUT2D eigenvalue weighted by Gasteiger charge is -2.32. The minimum Gasteiger partial charge on any atom is -0.360 e. The molecular formula is C29H33F3N6O2S. The van der Waals surface area contributed by atoms with Crippen molar-refractivity contribution in [2.75, 3.05) is 42.6 Å². The Morgan fingerprint density at radius 1 is 1.12 bits per heavy atom. The molecule has 0 bridgehead atoms. The Hall–Kier alpha value is -3.64. The maximum atomic E-state index is 13.9. The van der Waals surface area contributed by atoms with Crippen molar-refractivity contribution in [1.82, 2.24) is 24.3 Å². The van der Waals surface area contributed by atoms with Gasteiger partial charge in [0, 0.05) is 30.4 Å². The highest BCUT2D eigenvalue weighted by atomic mass is 32.3. The van der Waals surface area contributed by atoms with Crippen LogP contribution in [0.25, 0.3) is 22.8 Å². The molecule has 41 heavy (non-hydrogen) atoms. The maximum absolute atomic E-state index is 13.9. The standard InChI is InChI=1S/C29H33F3N6O2S/c1-19-14-21(9-10-23(19)29(30,31)32)37-16-20(2)38-26(28(37)39)22(15-34-38)25-17-36(18-40-12-13-41(3,4)5)27(35-25)24-8-6-7-11-33-24/h6-11,14-15,17,20H,12-13,16,18H2,1-5H3. The fraction of sp³-hybridized carbons (Fsp3) is 0.379. The van der Waals surface area contributed by atoms with Crippen molar-refractivity contribution >= 4 is 21.6 Å². The number of pyridine rings is 1. The Bertz CT molecular complexity index is 1560. The van der Waals surface area contributed by atoms with Gasteiger partial charge in [-0.15, -0.1) is 0 Å². The second kappa shape index (κ2) is 11.0. The Kier molecular flexibility index (Phi) is 7.73. The van der Waals surface area contributed by atoms with E-state index in [0.717, 1.165) is 11.8 Å². The predicted molar refractivity (Wildman–Crippen MR) is 155 cm³/mol. The molecule has 5 rings (SSSR count). The van der Waals surface area contributed by atoms with Crippen molar-refractivity contribution in [1.29, 1.82) is 0 Å². The molecule has 0 spiro atoms. The van der Waals surface area contributed by atoms with E-state index in [1.165, 1.54) is 24.0 Å². The van der Waals surface area contributed by atoms with Crippen molar-refractivity contribution in [3.8, 4) is 22.8 Å². The number of anilines is 1. The van der Waals surface area contributed by atoms with Gasteiger partial charge in [-0.05, 0) is 68.5 Å². The molecule has 0 aliphatic carbocycles. The molecule has 1 aliphatic heterocycles. The molecule has 0 saturated carbocycles. The van der Waals surface area contributed by atoms with E-state index in [9.17, 15) is 18.0 Å². The summed E-state index contributed by atoms with van der Waals surface area (Å²) >= 11 is 0. The number of amides is 1. The average Bonchev–Trinajstić information content (AvgIpc) is 3.53. The van der Waals surface area contributed by atoms with Gasteiger partial charge in [0.25, 0.3) is 5.91 Å². The summed E-state index contributed by atoms with van der Waals surface area (Å²) in [6.45, 7) is 4.46. The minimum absolute atomic E-state index is 0.0570. The zero-order valence-electron chi connectivity index (χ0n) is 23.6. The van der Waals surface area contributed by atoms with Gasteiger partial charge in [-0.25, -0.2) is 15.0 Å². The number of aromatic nitrogens is 5. The van der Waals surface area contributed by atoms with Crippen molar-refractivity contribution in [3.05, 3.63) is 71.8 Å². The number of alkyl halides is 3. The number of hydrogen-bond donors (Lipinski definition) is 0. The molecule has 0 saturated heterocycles. The molecule has 1 aromatic carbocycles. The van der Waals surface area contributed by atoms with Crippen LogP contribution in [-0.4, -0.2) is 67.9 Å². The number of benzene rings is 1. The van der Waals surface area contributed by atoms with Crippen LogP contribution in [0.1, 0.15) is 34.6 Å².